The molecule has 1 N–H and O–H groups in total. The van der Waals surface area contributed by atoms with Gasteiger partial charge in [-0.2, -0.15) is 5.26 Å². The van der Waals surface area contributed by atoms with E-state index in [1.165, 1.54) is 11.7 Å². The molecule has 0 radical (unpaired) electrons. The van der Waals surface area contributed by atoms with Crippen molar-refractivity contribution in [3.8, 4) is 17.6 Å². The van der Waals surface area contributed by atoms with Crippen LogP contribution in [0.25, 0.3) is 0 Å². The molecule has 0 saturated carbocycles. The number of hydrogen-bond acceptors (Lipinski definition) is 5. The van der Waals surface area contributed by atoms with Crippen LogP contribution in [0, 0.1) is 11.3 Å². The molecule has 6 nitrogen and oxygen atoms in total. The Morgan fingerprint density at radius 2 is 2.12 bits per heavy atom. The summed E-state index contributed by atoms with van der Waals surface area (Å²) in [7, 11) is 1.42. The molecule has 1 aromatic carbocycles. The predicted octanol–water partition coefficient (Wildman–Crippen LogP) is 1.85. The van der Waals surface area contributed by atoms with Gasteiger partial charge in [-0.25, -0.2) is 0 Å². The van der Waals surface area contributed by atoms with E-state index in [4.69, 9.17) is 14.7 Å². The molecule has 0 amide bonds. The molecule has 0 fully saturated rings. The lowest BCUT2D eigenvalue weighted by atomic mass is 9.85. The summed E-state index contributed by atoms with van der Waals surface area (Å²) in [6, 6.07) is 9.64. The molecular weight excluding hydrogens is 308 g/mol. The summed E-state index contributed by atoms with van der Waals surface area (Å²) < 4.78 is 12.4. The highest BCUT2D eigenvalue weighted by atomic mass is 16.5. The van der Waals surface area contributed by atoms with Crippen LogP contribution in [-0.4, -0.2) is 28.5 Å². The van der Waals surface area contributed by atoms with Crippen LogP contribution >= 0.6 is 0 Å². The van der Waals surface area contributed by atoms with Crippen LogP contribution in [0.5, 0.6) is 11.5 Å². The van der Waals surface area contributed by atoms with E-state index in [0.29, 0.717) is 16.9 Å². The van der Waals surface area contributed by atoms with Crippen molar-refractivity contribution in [3.05, 3.63) is 58.0 Å². The van der Waals surface area contributed by atoms with Crippen molar-refractivity contribution in [2.75, 3.05) is 7.11 Å². The number of methoxy groups -OCH3 is 1. The minimum absolute atomic E-state index is 0.187. The summed E-state index contributed by atoms with van der Waals surface area (Å²) in [5.74, 6) is 0.732. The van der Waals surface area contributed by atoms with E-state index < -0.39 is 17.7 Å². The summed E-state index contributed by atoms with van der Waals surface area (Å²) in [4.78, 5) is 12.6. The highest BCUT2D eigenvalue weighted by Gasteiger charge is 2.44. The molecule has 2 unspecified atom stereocenters. The first-order chi connectivity index (χ1) is 11.4. The van der Waals surface area contributed by atoms with E-state index >= 15 is 0 Å². The normalized spacial score (nSPS) is 21.3. The van der Waals surface area contributed by atoms with Crippen LogP contribution < -0.4 is 15.0 Å². The number of ether oxygens (including phenoxy) is 2. The molecule has 0 bridgehead atoms. The molecule has 1 aliphatic rings. The summed E-state index contributed by atoms with van der Waals surface area (Å²) in [5, 5.41) is 20.0. The van der Waals surface area contributed by atoms with Gasteiger partial charge in [0.05, 0.1) is 24.8 Å². The van der Waals surface area contributed by atoms with Crippen molar-refractivity contribution in [2.45, 2.75) is 31.6 Å². The van der Waals surface area contributed by atoms with Crippen LogP contribution in [0.15, 0.2) is 41.3 Å². The summed E-state index contributed by atoms with van der Waals surface area (Å²) in [6.45, 7) is 3.52. The highest BCUT2D eigenvalue weighted by Crippen LogP contribution is 2.41. The highest BCUT2D eigenvalue weighted by molar-refractivity contribution is 5.47. The van der Waals surface area contributed by atoms with Crippen LogP contribution in [0.3, 0.4) is 0 Å². The molecule has 2 aromatic rings. The fourth-order valence-corrected chi connectivity index (χ4v) is 3.00. The van der Waals surface area contributed by atoms with Gasteiger partial charge in [0.15, 0.2) is 5.75 Å². The minimum atomic E-state index is -0.983. The quantitative estimate of drug-likeness (QED) is 0.910. The van der Waals surface area contributed by atoms with E-state index in [-0.39, 0.29) is 11.3 Å². The zero-order valence-electron chi connectivity index (χ0n) is 13.7. The Labute approximate surface area is 139 Å². The fraction of sp³-hybridized carbons (Fsp3) is 0.333. The Balaban J connectivity index is 2.27. The zero-order valence-corrected chi connectivity index (χ0v) is 13.7. The number of benzene rings is 1. The average Bonchev–Trinajstić information content (AvgIpc) is 2.56. The molecule has 0 saturated heterocycles. The molecule has 3 rings (SSSR count). The molecule has 124 valence electrons. The van der Waals surface area contributed by atoms with Gasteiger partial charge in [0.25, 0.3) is 5.56 Å². The molecule has 1 aliphatic heterocycles. The maximum absolute atomic E-state index is 12.6. The second-order valence-electron chi connectivity index (χ2n) is 6.25. The summed E-state index contributed by atoms with van der Waals surface area (Å²) >= 11 is 0. The number of rotatable bonds is 2. The van der Waals surface area contributed by atoms with Crippen molar-refractivity contribution in [1.29, 1.82) is 5.26 Å². The van der Waals surface area contributed by atoms with Crippen LogP contribution in [-0.2, 0) is 0 Å². The van der Waals surface area contributed by atoms with Crippen molar-refractivity contribution < 1.29 is 14.6 Å². The van der Waals surface area contributed by atoms with Gasteiger partial charge in [-0.1, -0.05) is 0 Å². The minimum Gasteiger partial charge on any atom is -0.491 e. The first-order valence-corrected chi connectivity index (χ1v) is 7.55. The lowest BCUT2D eigenvalue weighted by Crippen LogP contribution is -2.52. The third-order valence-electron chi connectivity index (χ3n) is 4.30. The molecule has 6 heteroatoms. The Morgan fingerprint density at radius 3 is 2.79 bits per heavy atom. The zero-order chi connectivity index (χ0) is 17.5. The van der Waals surface area contributed by atoms with Gasteiger partial charge in [0.2, 0.25) is 0 Å². The fourth-order valence-electron chi connectivity index (χ4n) is 3.00. The maximum Gasteiger partial charge on any atom is 0.293 e. The van der Waals surface area contributed by atoms with Crippen molar-refractivity contribution in [1.82, 2.24) is 4.57 Å². The van der Waals surface area contributed by atoms with E-state index in [2.05, 4.69) is 6.07 Å². The maximum atomic E-state index is 12.6. The molecule has 0 aliphatic carbocycles. The largest absolute Gasteiger partial charge is 0.491 e. The first-order valence-electron chi connectivity index (χ1n) is 7.55. The lowest BCUT2D eigenvalue weighted by molar-refractivity contribution is -0.0643. The Kier molecular flexibility index (Phi) is 3.82. The third kappa shape index (κ3) is 2.43. The Morgan fingerprint density at radius 1 is 1.38 bits per heavy atom. The lowest BCUT2D eigenvalue weighted by Gasteiger charge is -2.42. The second-order valence-corrected chi connectivity index (χ2v) is 6.25. The van der Waals surface area contributed by atoms with Gasteiger partial charge >= 0.3 is 0 Å². The van der Waals surface area contributed by atoms with Gasteiger partial charge < -0.3 is 19.1 Å². The number of nitriles is 1. The van der Waals surface area contributed by atoms with E-state index in [0.717, 1.165) is 0 Å². The van der Waals surface area contributed by atoms with Crippen molar-refractivity contribution >= 4 is 0 Å². The van der Waals surface area contributed by atoms with Gasteiger partial charge in [-0.3, -0.25) is 4.79 Å². The topological polar surface area (TPSA) is 84.5 Å². The average molecular weight is 326 g/mol. The SMILES string of the molecule is COc1cccn(C2c3cc(C#N)ccc3OC(C)(C)C2O)c1=O. The van der Waals surface area contributed by atoms with Gasteiger partial charge in [-0.05, 0) is 44.2 Å². The smallest absolute Gasteiger partial charge is 0.293 e. The molecule has 24 heavy (non-hydrogen) atoms. The van der Waals surface area contributed by atoms with Crippen LogP contribution in [0.2, 0.25) is 0 Å². The number of aliphatic hydroxyl groups excluding tert-OH is 1. The number of fused-ring (bicyclic) bond motifs is 1. The monoisotopic (exact) mass is 326 g/mol. The van der Waals surface area contributed by atoms with E-state index in [9.17, 15) is 9.90 Å². The number of nitrogens with zero attached hydrogens (tertiary/aromatic N) is 2. The molecule has 2 heterocycles. The standard InChI is InChI=1S/C18H18N2O4/c1-18(2)16(21)15(20-8-4-5-14(23-3)17(20)22)12-9-11(10-19)6-7-13(12)24-18/h4-9,15-16,21H,1-3H3. The predicted molar refractivity (Wildman–Crippen MR) is 87.3 cm³/mol. The van der Waals surface area contributed by atoms with E-state index in [1.54, 1.807) is 50.4 Å². The summed E-state index contributed by atoms with van der Waals surface area (Å²) in [5.41, 5.74) is -0.217. The third-order valence-corrected chi connectivity index (χ3v) is 4.30. The second kappa shape index (κ2) is 5.69. The van der Waals surface area contributed by atoms with Crippen LogP contribution in [0.1, 0.15) is 31.0 Å². The molecule has 2 atom stereocenters. The number of hydrogen-bond donors (Lipinski definition) is 1. The van der Waals surface area contributed by atoms with Crippen LogP contribution in [0.4, 0.5) is 0 Å². The number of aliphatic hydroxyl groups is 1. The van der Waals surface area contributed by atoms with Crippen molar-refractivity contribution in [3.63, 3.8) is 0 Å². The number of pyridine rings is 1. The number of aromatic nitrogens is 1. The first kappa shape index (κ1) is 16.1. The molecule has 0 spiro atoms. The molecule has 1 aromatic heterocycles. The Bertz CT molecular complexity index is 879. The Hall–Kier alpha value is -2.78. The van der Waals surface area contributed by atoms with Crippen molar-refractivity contribution in [2.24, 2.45) is 0 Å². The van der Waals surface area contributed by atoms with Gasteiger partial charge in [0.1, 0.15) is 17.5 Å². The van der Waals surface area contributed by atoms with Gasteiger partial charge in [0, 0.05) is 11.8 Å². The van der Waals surface area contributed by atoms with Gasteiger partial charge in [-0.15, -0.1) is 0 Å². The summed E-state index contributed by atoms with van der Waals surface area (Å²) in [6.07, 6.45) is 0.618. The van der Waals surface area contributed by atoms with E-state index in [1.807, 2.05) is 0 Å². The molecular formula is C18H18N2O4.